The van der Waals surface area contributed by atoms with E-state index in [-0.39, 0.29) is 16.7 Å². The van der Waals surface area contributed by atoms with Crippen molar-refractivity contribution in [2.24, 2.45) is 0 Å². The number of hydrogen-bond donors (Lipinski definition) is 2. The molecule has 1 aromatic heterocycles. The lowest BCUT2D eigenvalue weighted by Crippen LogP contribution is -2.26. The van der Waals surface area contributed by atoms with Crippen LogP contribution in [0.15, 0.2) is 28.2 Å². The molecule has 6 heteroatoms. The monoisotopic (exact) mass is 371 g/mol. The summed E-state index contributed by atoms with van der Waals surface area (Å²) in [5.74, 6) is -0.0839. The van der Waals surface area contributed by atoms with E-state index in [2.05, 4.69) is 22.2 Å². The number of hydrogen-bond acceptors (Lipinski definition) is 4. The van der Waals surface area contributed by atoms with Crippen LogP contribution in [0.4, 0.5) is 5.69 Å². The third-order valence-electron chi connectivity index (χ3n) is 4.82. The van der Waals surface area contributed by atoms with E-state index in [1.165, 1.54) is 11.8 Å². The zero-order valence-corrected chi connectivity index (χ0v) is 16.3. The minimum Gasteiger partial charge on any atom is -0.325 e. The maximum absolute atomic E-state index is 12.7. The number of aryl methyl sites for hydroxylation is 3. The number of thioether (sulfide) groups is 1. The van der Waals surface area contributed by atoms with Gasteiger partial charge in [0, 0.05) is 11.3 Å². The molecule has 1 aliphatic rings. The van der Waals surface area contributed by atoms with Crippen molar-refractivity contribution in [1.82, 2.24) is 9.97 Å². The molecule has 0 unspecified atom stereocenters. The first-order chi connectivity index (χ1) is 12.5. The van der Waals surface area contributed by atoms with E-state index in [1.54, 1.807) is 0 Å². The van der Waals surface area contributed by atoms with E-state index < -0.39 is 0 Å². The van der Waals surface area contributed by atoms with Gasteiger partial charge in [0.15, 0.2) is 5.16 Å². The van der Waals surface area contributed by atoms with Gasteiger partial charge in [0.2, 0.25) is 5.91 Å². The fourth-order valence-electron chi connectivity index (χ4n) is 3.28. The molecule has 2 N–H and O–H groups in total. The minimum atomic E-state index is -0.357. The number of nitrogens with one attached hydrogen (secondary N) is 2. The van der Waals surface area contributed by atoms with Gasteiger partial charge in [0.05, 0.1) is 10.9 Å². The molecule has 0 radical (unpaired) electrons. The molecule has 1 heterocycles. The maximum Gasteiger partial charge on any atom is 0.254 e. The van der Waals surface area contributed by atoms with Crippen LogP contribution < -0.4 is 10.9 Å². The second kappa shape index (κ2) is 8.08. The van der Waals surface area contributed by atoms with E-state index >= 15 is 0 Å². The molecule has 138 valence electrons. The highest BCUT2D eigenvalue weighted by atomic mass is 32.2. The van der Waals surface area contributed by atoms with Crippen LogP contribution in [0.2, 0.25) is 0 Å². The predicted octanol–water partition coefficient (Wildman–Crippen LogP) is 3.64. The first-order valence-electron chi connectivity index (χ1n) is 9.17. The van der Waals surface area contributed by atoms with Crippen molar-refractivity contribution in [1.29, 1.82) is 0 Å². The number of carbonyl (C=O) groups excluding carboxylic acids is 1. The van der Waals surface area contributed by atoms with Gasteiger partial charge >= 0.3 is 0 Å². The molecule has 1 amide bonds. The molecule has 0 spiro atoms. The number of fused-ring (bicyclic) bond motifs is 1. The van der Waals surface area contributed by atoms with Crippen molar-refractivity contribution >= 4 is 23.4 Å². The van der Waals surface area contributed by atoms with E-state index in [4.69, 9.17) is 0 Å². The quantitative estimate of drug-likeness (QED) is 0.622. The Morgan fingerprint density at radius 1 is 1.35 bits per heavy atom. The van der Waals surface area contributed by atoms with Crippen molar-refractivity contribution in [2.45, 2.75) is 63.3 Å². The topological polar surface area (TPSA) is 74.8 Å². The van der Waals surface area contributed by atoms with Gasteiger partial charge < -0.3 is 10.3 Å². The van der Waals surface area contributed by atoms with Gasteiger partial charge in [-0.15, -0.1) is 0 Å². The largest absolute Gasteiger partial charge is 0.325 e. The summed E-state index contributed by atoms with van der Waals surface area (Å²) < 4.78 is 0. The molecule has 1 aliphatic carbocycles. The second-order valence-electron chi connectivity index (χ2n) is 6.72. The fourth-order valence-corrected chi connectivity index (χ4v) is 4.10. The van der Waals surface area contributed by atoms with E-state index in [0.717, 1.165) is 60.2 Å². The maximum atomic E-state index is 12.7. The molecule has 5 nitrogen and oxygen atoms in total. The highest BCUT2D eigenvalue weighted by Gasteiger charge is 2.20. The predicted molar refractivity (Wildman–Crippen MR) is 106 cm³/mol. The lowest BCUT2D eigenvalue weighted by molar-refractivity contribution is -0.115. The van der Waals surface area contributed by atoms with Gasteiger partial charge in [-0.3, -0.25) is 9.59 Å². The molecule has 0 bridgehead atoms. The number of carbonyl (C=O) groups is 1. The van der Waals surface area contributed by atoms with E-state index in [1.807, 2.05) is 32.0 Å². The highest BCUT2D eigenvalue weighted by molar-refractivity contribution is 8.00. The normalized spacial score (nSPS) is 14.6. The van der Waals surface area contributed by atoms with Crippen LogP contribution in [0, 0.1) is 6.92 Å². The highest BCUT2D eigenvalue weighted by Crippen LogP contribution is 2.25. The molecule has 0 saturated heterocycles. The van der Waals surface area contributed by atoms with Gasteiger partial charge in [-0.25, -0.2) is 4.98 Å². The van der Waals surface area contributed by atoms with Gasteiger partial charge in [0.1, 0.15) is 0 Å². The van der Waals surface area contributed by atoms with Gasteiger partial charge in [-0.05, 0) is 57.1 Å². The zero-order chi connectivity index (χ0) is 18.7. The number of anilines is 1. The number of benzene rings is 1. The van der Waals surface area contributed by atoms with E-state index in [9.17, 15) is 9.59 Å². The first-order valence-corrected chi connectivity index (χ1v) is 10.1. The Morgan fingerprint density at radius 3 is 2.88 bits per heavy atom. The summed E-state index contributed by atoms with van der Waals surface area (Å²) in [6.45, 7) is 5.91. The van der Waals surface area contributed by atoms with Crippen molar-refractivity contribution in [2.75, 3.05) is 5.32 Å². The smallest absolute Gasteiger partial charge is 0.254 e. The zero-order valence-electron chi connectivity index (χ0n) is 15.5. The molecule has 1 atom stereocenters. The molecule has 26 heavy (non-hydrogen) atoms. The number of aromatic amines is 1. The average molecular weight is 372 g/mol. The van der Waals surface area contributed by atoms with Crippen LogP contribution in [0.3, 0.4) is 0 Å². The SMILES string of the molecule is CCc1cccc(C)c1NC(=O)[C@@H](C)Sc1nc2c(c(=O)[nH]1)CCCC2. The van der Waals surface area contributed by atoms with Crippen LogP contribution >= 0.6 is 11.8 Å². The van der Waals surface area contributed by atoms with Gasteiger partial charge in [0.25, 0.3) is 5.56 Å². The number of H-pyrrole nitrogens is 1. The standard InChI is InChI=1S/C20H25N3O2S/c1-4-14-9-7-8-12(2)17(14)22-18(24)13(3)26-20-21-16-11-6-5-10-15(16)19(25)23-20/h7-9,13H,4-6,10-11H2,1-3H3,(H,22,24)(H,21,23,25)/t13-/m1/s1. The van der Waals surface area contributed by atoms with Crippen molar-refractivity contribution in [3.63, 3.8) is 0 Å². The van der Waals surface area contributed by atoms with Crippen molar-refractivity contribution < 1.29 is 4.79 Å². The van der Waals surface area contributed by atoms with E-state index in [0.29, 0.717) is 5.16 Å². The molecular weight excluding hydrogens is 346 g/mol. The fraction of sp³-hybridized carbons (Fsp3) is 0.450. The summed E-state index contributed by atoms with van der Waals surface area (Å²) in [5, 5.41) is 3.22. The van der Waals surface area contributed by atoms with Crippen LogP contribution in [-0.2, 0) is 24.1 Å². The molecule has 0 fully saturated rings. The summed E-state index contributed by atoms with van der Waals surface area (Å²) in [6, 6.07) is 6.03. The molecular formula is C20H25N3O2S. The summed E-state index contributed by atoms with van der Waals surface area (Å²) in [5.41, 5.74) is 4.70. The average Bonchev–Trinajstić information content (AvgIpc) is 2.63. The van der Waals surface area contributed by atoms with Gasteiger partial charge in [-0.1, -0.05) is 36.9 Å². The number of rotatable bonds is 5. The lowest BCUT2D eigenvalue weighted by Gasteiger charge is -2.17. The minimum absolute atomic E-state index is 0.0584. The molecule has 3 rings (SSSR count). The van der Waals surface area contributed by atoms with Crippen LogP contribution in [-0.4, -0.2) is 21.1 Å². The Hall–Kier alpha value is -2.08. The number of amides is 1. The third-order valence-corrected chi connectivity index (χ3v) is 5.80. The van der Waals surface area contributed by atoms with Crippen molar-refractivity contribution in [3.05, 3.63) is 50.9 Å². The Labute approximate surface area is 158 Å². The number of nitrogens with zero attached hydrogens (tertiary/aromatic N) is 1. The number of aromatic nitrogens is 2. The summed E-state index contributed by atoms with van der Waals surface area (Å²) in [7, 11) is 0. The third kappa shape index (κ3) is 4.01. The van der Waals surface area contributed by atoms with Gasteiger partial charge in [-0.2, -0.15) is 0 Å². The summed E-state index contributed by atoms with van der Waals surface area (Å²) >= 11 is 1.30. The summed E-state index contributed by atoms with van der Waals surface area (Å²) in [6.07, 6.45) is 4.61. The molecule has 1 aromatic carbocycles. The Bertz CT molecular complexity index is 876. The van der Waals surface area contributed by atoms with Crippen molar-refractivity contribution in [3.8, 4) is 0 Å². The van der Waals surface area contributed by atoms with Crippen LogP contribution in [0.25, 0.3) is 0 Å². The lowest BCUT2D eigenvalue weighted by atomic mass is 9.97. The van der Waals surface area contributed by atoms with Crippen LogP contribution in [0.5, 0.6) is 0 Å². The Morgan fingerprint density at radius 2 is 2.12 bits per heavy atom. The second-order valence-corrected chi connectivity index (χ2v) is 8.04. The molecule has 0 saturated carbocycles. The Balaban J connectivity index is 1.74. The first kappa shape index (κ1) is 18.7. The van der Waals surface area contributed by atoms with Crippen LogP contribution in [0.1, 0.15) is 49.1 Å². The number of para-hydroxylation sites is 1. The molecule has 0 aliphatic heterocycles. The Kier molecular flexibility index (Phi) is 5.81. The molecule has 2 aromatic rings. The summed E-state index contributed by atoms with van der Waals surface area (Å²) in [4.78, 5) is 32.3.